The van der Waals surface area contributed by atoms with Crippen molar-refractivity contribution in [2.75, 3.05) is 13.2 Å². The van der Waals surface area contributed by atoms with E-state index in [1.807, 2.05) is 6.07 Å². The lowest BCUT2D eigenvalue weighted by Gasteiger charge is -2.61. The van der Waals surface area contributed by atoms with Gasteiger partial charge in [0.15, 0.2) is 0 Å². The van der Waals surface area contributed by atoms with Crippen molar-refractivity contribution in [1.82, 2.24) is 0 Å². The largest absolute Gasteiger partial charge is 0.472 e. The highest BCUT2D eigenvalue weighted by atomic mass is 16.5. The Morgan fingerprint density at radius 3 is 2.70 bits per heavy atom. The maximum absolute atomic E-state index is 11.8. The molecule has 0 spiro atoms. The van der Waals surface area contributed by atoms with Gasteiger partial charge in [-0.25, -0.2) is 0 Å². The minimum Gasteiger partial charge on any atom is -0.472 e. The zero-order valence-electron chi connectivity index (χ0n) is 18.9. The molecule has 4 fully saturated rings. The second kappa shape index (κ2) is 7.64. The summed E-state index contributed by atoms with van der Waals surface area (Å²) in [5.41, 5.74) is 6.35. The number of fused-ring (bicyclic) bond motifs is 5. The van der Waals surface area contributed by atoms with Crippen LogP contribution in [-0.4, -0.2) is 24.4 Å². The third-order valence-corrected chi connectivity index (χ3v) is 10.5. The Balaban J connectivity index is 1.34. The lowest BCUT2D eigenvalue weighted by molar-refractivity contribution is -0.164. The van der Waals surface area contributed by atoms with E-state index in [0.717, 1.165) is 62.2 Å². The average Bonchev–Trinajstić information content (AvgIpc) is 3.36. The van der Waals surface area contributed by atoms with E-state index in [4.69, 9.17) is 14.9 Å². The summed E-state index contributed by atoms with van der Waals surface area (Å²) in [6.07, 6.45) is 15.8. The minimum absolute atomic E-state index is 0.0240. The van der Waals surface area contributed by atoms with E-state index >= 15 is 0 Å². The molecule has 4 nitrogen and oxygen atoms in total. The molecule has 0 aromatic carbocycles. The molecule has 0 saturated heterocycles. The first-order chi connectivity index (χ1) is 14.4. The molecule has 168 valence electrons. The number of hydrogen-bond acceptors (Lipinski definition) is 4. The van der Waals surface area contributed by atoms with E-state index in [0.29, 0.717) is 17.4 Å². The van der Waals surface area contributed by atoms with Gasteiger partial charge in [0.2, 0.25) is 0 Å². The predicted octanol–water partition coefficient (Wildman–Crippen LogP) is 5.24. The summed E-state index contributed by atoms with van der Waals surface area (Å²) in [5.74, 6) is 3.01. The smallest absolute Gasteiger partial charge is 0.0983 e. The van der Waals surface area contributed by atoms with Gasteiger partial charge >= 0.3 is 0 Å². The molecular weight excluding hydrogens is 374 g/mol. The SMILES string of the molecule is C[C@]12CCC(OCCCN)CC1CC[C@@H]1[C@H]2CC[C@@]2(C)[C@H]1CCC2(O)c1ccoc1. The second-order valence-corrected chi connectivity index (χ2v) is 11.4. The van der Waals surface area contributed by atoms with Gasteiger partial charge in [-0.2, -0.15) is 0 Å². The highest BCUT2D eigenvalue weighted by molar-refractivity contribution is 5.26. The summed E-state index contributed by atoms with van der Waals surface area (Å²) < 4.78 is 11.6. The van der Waals surface area contributed by atoms with Crippen LogP contribution in [-0.2, 0) is 10.3 Å². The maximum atomic E-state index is 11.8. The van der Waals surface area contributed by atoms with Crippen molar-refractivity contribution in [3.63, 3.8) is 0 Å². The molecular formula is C26H41NO3. The Morgan fingerprint density at radius 1 is 1.10 bits per heavy atom. The van der Waals surface area contributed by atoms with Crippen molar-refractivity contribution in [2.45, 2.75) is 89.8 Å². The highest BCUT2D eigenvalue weighted by Crippen LogP contribution is 2.70. The van der Waals surface area contributed by atoms with Gasteiger partial charge in [0, 0.05) is 17.6 Å². The van der Waals surface area contributed by atoms with E-state index < -0.39 is 5.60 Å². The molecule has 1 aromatic rings. The van der Waals surface area contributed by atoms with E-state index in [9.17, 15) is 5.11 Å². The molecule has 5 rings (SSSR count). The second-order valence-electron chi connectivity index (χ2n) is 11.4. The van der Waals surface area contributed by atoms with Crippen molar-refractivity contribution in [3.05, 3.63) is 24.2 Å². The van der Waals surface area contributed by atoms with Gasteiger partial charge < -0.3 is 20.0 Å². The van der Waals surface area contributed by atoms with Crippen LogP contribution in [0.4, 0.5) is 0 Å². The first-order valence-corrected chi connectivity index (χ1v) is 12.5. The molecule has 0 bridgehead atoms. The molecule has 0 aliphatic heterocycles. The molecule has 3 N–H and O–H groups in total. The molecule has 3 unspecified atom stereocenters. The Bertz CT molecular complexity index is 735. The van der Waals surface area contributed by atoms with E-state index in [1.54, 1.807) is 12.5 Å². The Morgan fingerprint density at radius 2 is 1.93 bits per heavy atom. The quantitative estimate of drug-likeness (QED) is 0.645. The van der Waals surface area contributed by atoms with Gasteiger partial charge in [0.1, 0.15) is 0 Å². The Labute approximate surface area is 181 Å². The zero-order chi connectivity index (χ0) is 21.0. The van der Waals surface area contributed by atoms with Crippen molar-refractivity contribution < 1.29 is 14.3 Å². The number of furan rings is 1. The van der Waals surface area contributed by atoms with Crippen LogP contribution in [0.3, 0.4) is 0 Å². The Kier molecular flexibility index (Phi) is 5.35. The highest BCUT2D eigenvalue weighted by Gasteiger charge is 2.65. The van der Waals surface area contributed by atoms with Crippen LogP contribution in [0.1, 0.15) is 83.6 Å². The zero-order valence-corrected chi connectivity index (χ0v) is 18.9. The molecule has 30 heavy (non-hydrogen) atoms. The molecule has 8 atom stereocenters. The van der Waals surface area contributed by atoms with E-state index in [1.165, 1.54) is 38.5 Å². The summed E-state index contributed by atoms with van der Waals surface area (Å²) >= 11 is 0. The van der Waals surface area contributed by atoms with Gasteiger partial charge in [-0.05, 0) is 106 Å². The van der Waals surface area contributed by atoms with Crippen LogP contribution in [0.15, 0.2) is 23.0 Å². The van der Waals surface area contributed by atoms with E-state index in [2.05, 4.69) is 13.8 Å². The van der Waals surface area contributed by atoms with E-state index in [-0.39, 0.29) is 5.41 Å². The molecule has 1 aromatic heterocycles. The standard InChI is InChI=1S/C26H41NO3/c1-24-10-6-20(30-14-3-13-27)16-18(24)4-5-21-22(24)7-11-25(2)23(21)8-12-26(25,28)19-9-15-29-17-19/h9,15,17-18,20-23,28H,3-8,10-14,16,27H2,1-2H3/t18?,20?,21-,22-,23+,24+,25+,26?/m1/s1. The lowest BCUT2D eigenvalue weighted by Crippen LogP contribution is -2.56. The van der Waals surface area contributed by atoms with Gasteiger partial charge in [0.05, 0.1) is 24.2 Å². The molecule has 0 radical (unpaired) electrons. The first kappa shape index (κ1) is 21.0. The number of hydrogen-bond donors (Lipinski definition) is 2. The monoisotopic (exact) mass is 415 g/mol. The molecule has 1 heterocycles. The van der Waals surface area contributed by atoms with Gasteiger partial charge in [0.25, 0.3) is 0 Å². The predicted molar refractivity (Wildman–Crippen MR) is 118 cm³/mol. The van der Waals surface area contributed by atoms with Gasteiger partial charge in [-0.15, -0.1) is 0 Å². The van der Waals surface area contributed by atoms with Crippen LogP contribution in [0.5, 0.6) is 0 Å². The summed E-state index contributed by atoms with van der Waals surface area (Å²) in [7, 11) is 0. The van der Waals surface area contributed by atoms with Crippen LogP contribution in [0.25, 0.3) is 0 Å². The summed E-state index contributed by atoms with van der Waals surface area (Å²) in [6, 6.07) is 1.99. The lowest BCUT2D eigenvalue weighted by atomic mass is 9.44. The van der Waals surface area contributed by atoms with Crippen LogP contribution < -0.4 is 5.73 Å². The molecule has 4 saturated carbocycles. The van der Waals surface area contributed by atoms with Crippen molar-refractivity contribution in [1.29, 1.82) is 0 Å². The van der Waals surface area contributed by atoms with Crippen molar-refractivity contribution >= 4 is 0 Å². The number of ether oxygens (including phenoxy) is 1. The fourth-order valence-corrected chi connectivity index (χ4v) is 8.69. The van der Waals surface area contributed by atoms with Crippen LogP contribution in [0.2, 0.25) is 0 Å². The normalized spacial score (nSPS) is 48.1. The average molecular weight is 416 g/mol. The number of aliphatic hydroxyl groups is 1. The molecule has 4 heteroatoms. The van der Waals surface area contributed by atoms with Crippen LogP contribution in [0, 0.1) is 34.5 Å². The third-order valence-electron chi connectivity index (χ3n) is 10.5. The summed E-state index contributed by atoms with van der Waals surface area (Å²) in [5, 5.41) is 11.8. The van der Waals surface area contributed by atoms with Crippen LogP contribution >= 0.6 is 0 Å². The summed E-state index contributed by atoms with van der Waals surface area (Å²) in [4.78, 5) is 0. The molecule has 4 aliphatic rings. The summed E-state index contributed by atoms with van der Waals surface area (Å²) in [6.45, 7) is 6.53. The van der Waals surface area contributed by atoms with Crippen molar-refractivity contribution in [2.24, 2.45) is 40.2 Å². The fourth-order valence-electron chi connectivity index (χ4n) is 8.69. The first-order valence-electron chi connectivity index (χ1n) is 12.5. The third kappa shape index (κ3) is 2.97. The van der Waals surface area contributed by atoms with Crippen molar-refractivity contribution in [3.8, 4) is 0 Å². The van der Waals surface area contributed by atoms with Gasteiger partial charge in [-0.1, -0.05) is 13.8 Å². The number of nitrogens with two attached hydrogens (primary N) is 1. The Hall–Kier alpha value is -0.840. The number of rotatable bonds is 5. The minimum atomic E-state index is -0.720. The maximum Gasteiger partial charge on any atom is 0.0983 e. The topological polar surface area (TPSA) is 68.6 Å². The van der Waals surface area contributed by atoms with Gasteiger partial charge in [-0.3, -0.25) is 0 Å². The molecule has 4 aliphatic carbocycles. The fraction of sp³-hybridized carbons (Fsp3) is 0.846. The molecule has 0 amide bonds.